The van der Waals surface area contributed by atoms with E-state index in [9.17, 15) is 0 Å². The molecule has 2 rings (SSSR count). The predicted molar refractivity (Wildman–Crippen MR) is 62.4 cm³/mol. The van der Waals surface area contributed by atoms with Gasteiger partial charge in [-0.1, -0.05) is 6.07 Å². The Balaban J connectivity index is 1.84. The van der Waals surface area contributed by atoms with E-state index < -0.39 is 0 Å². The molecule has 4 heteroatoms. The lowest BCUT2D eigenvalue weighted by Crippen LogP contribution is -2.02. The highest BCUT2D eigenvalue weighted by Crippen LogP contribution is 2.09. The number of aromatic nitrogens is 2. The van der Waals surface area contributed by atoms with E-state index in [1.807, 2.05) is 24.3 Å². The van der Waals surface area contributed by atoms with Crippen LogP contribution in [0, 0.1) is 11.3 Å². The quantitative estimate of drug-likeness (QED) is 0.798. The highest BCUT2D eigenvalue weighted by molar-refractivity contribution is 5.26. The lowest BCUT2D eigenvalue weighted by atomic mass is 10.3. The normalized spacial score (nSPS) is 9.59. The average molecular weight is 225 g/mol. The smallest absolute Gasteiger partial charge is 0.140 e. The van der Waals surface area contributed by atoms with E-state index in [2.05, 4.69) is 9.97 Å². The van der Waals surface area contributed by atoms with Crippen LogP contribution in [0.5, 0.6) is 5.75 Å². The second-order valence-electron chi connectivity index (χ2n) is 3.41. The molecule has 0 N–H and O–H groups in total. The van der Waals surface area contributed by atoms with Crippen LogP contribution in [-0.4, -0.2) is 16.6 Å². The van der Waals surface area contributed by atoms with Crippen molar-refractivity contribution in [2.24, 2.45) is 0 Å². The Bertz CT molecular complexity index is 502. The van der Waals surface area contributed by atoms with Gasteiger partial charge in [0.15, 0.2) is 0 Å². The lowest BCUT2D eigenvalue weighted by molar-refractivity contribution is 0.319. The fourth-order valence-corrected chi connectivity index (χ4v) is 1.35. The summed E-state index contributed by atoms with van der Waals surface area (Å²) in [5.41, 5.74) is 1.39. The van der Waals surface area contributed by atoms with Gasteiger partial charge in [0.1, 0.15) is 17.5 Å². The molecule has 0 bridgehead atoms. The molecule has 17 heavy (non-hydrogen) atoms. The SMILES string of the molecule is N#Cc1ccc(OCCc2ccccn2)cn1. The second kappa shape index (κ2) is 5.61. The number of nitriles is 1. The van der Waals surface area contributed by atoms with E-state index in [-0.39, 0.29) is 0 Å². The first-order chi connectivity index (χ1) is 8.38. The third-order valence-electron chi connectivity index (χ3n) is 2.20. The van der Waals surface area contributed by atoms with Crippen LogP contribution in [0.2, 0.25) is 0 Å². The zero-order chi connectivity index (χ0) is 11.9. The number of nitrogens with zero attached hydrogens (tertiary/aromatic N) is 3. The summed E-state index contributed by atoms with van der Waals surface area (Å²) in [6.45, 7) is 0.546. The van der Waals surface area contributed by atoms with Crippen LogP contribution in [0.15, 0.2) is 42.7 Å². The highest BCUT2D eigenvalue weighted by Gasteiger charge is 1.97. The standard InChI is InChI=1S/C13H11N3O/c14-9-12-4-5-13(10-16-12)17-8-6-11-3-1-2-7-15-11/h1-5,7,10H,6,8H2. The van der Waals surface area contributed by atoms with Crippen molar-refractivity contribution in [3.8, 4) is 11.8 Å². The van der Waals surface area contributed by atoms with Crippen molar-refractivity contribution in [1.29, 1.82) is 5.26 Å². The number of ether oxygens (including phenoxy) is 1. The van der Waals surface area contributed by atoms with E-state index in [1.165, 1.54) is 0 Å². The summed E-state index contributed by atoms with van der Waals surface area (Å²) in [6.07, 6.45) is 4.07. The van der Waals surface area contributed by atoms with Crippen LogP contribution in [0.1, 0.15) is 11.4 Å². The molecule has 0 saturated heterocycles. The molecule has 0 aliphatic heterocycles. The first kappa shape index (κ1) is 11.1. The van der Waals surface area contributed by atoms with Crippen molar-refractivity contribution in [3.63, 3.8) is 0 Å². The van der Waals surface area contributed by atoms with Crippen LogP contribution in [0.3, 0.4) is 0 Å². The van der Waals surface area contributed by atoms with Gasteiger partial charge in [-0.05, 0) is 24.3 Å². The molecule has 0 aliphatic carbocycles. The number of pyridine rings is 2. The van der Waals surface area contributed by atoms with Crippen LogP contribution < -0.4 is 4.74 Å². The van der Waals surface area contributed by atoms with Gasteiger partial charge in [0.2, 0.25) is 0 Å². The molecule has 0 aliphatic rings. The van der Waals surface area contributed by atoms with Crippen LogP contribution in [-0.2, 0) is 6.42 Å². The van der Waals surface area contributed by atoms with Gasteiger partial charge >= 0.3 is 0 Å². The topological polar surface area (TPSA) is 58.8 Å². The largest absolute Gasteiger partial charge is 0.492 e. The van der Waals surface area contributed by atoms with Crippen molar-refractivity contribution < 1.29 is 4.74 Å². The third kappa shape index (κ3) is 3.28. The summed E-state index contributed by atoms with van der Waals surface area (Å²) in [7, 11) is 0. The Morgan fingerprint density at radius 3 is 2.76 bits per heavy atom. The molecule has 0 aromatic carbocycles. The minimum Gasteiger partial charge on any atom is -0.492 e. The zero-order valence-corrected chi connectivity index (χ0v) is 9.21. The average Bonchev–Trinajstić information content (AvgIpc) is 2.41. The molecule has 84 valence electrons. The lowest BCUT2D eigenvalue weighted by Gasteiger charge is -2.04. The molecule has 0 fully saturated rings. The van der Waals surface area contributed by atoms with Crippen LogP contribution >= 0.6 is 0 Å². The Labute approximate surface area is 99.5 Å². The van der Waals surface area contributed by atoms with E-state index >= 15 is 0 Å². The Hall–Kier alpha value is -2.41. The fraction of sp³-hybridized carbons (Fsp3) is 0.154. The molecule has 0 radical (unpaired) electrons. The molecular formula is C13H11N3O. The Morgan fingerprint density at radius 2 is 2.12 bits per heavy atom. The fourth-order valence-electron chi connectivity index (χ4n) is 1.35. The van der Waals surface area contributed by atoms with E-state index in [4.69, 9.17) is 10.00 Å². The molecule has 0 unspecified atom stereocenters. The van der Waals surface area contributed by atoms with Gasteiger partial charge in [0.25, 0.3) is 0 Å². The van der Waals surface area contributed by atoms with Crippen molar-refractivity contribution >= 4 is 0 Å². The van der Waals surface area contributed by atoms with Gasteiger partial charge in [0, 0.05) is 18.3 Å². The minimum absolute atomic E-state index is 0.391. The Kier molecular flexibility index (Phi) is 3.66. The van der Waals surface area contributed by atoms with Crippen LogP contribution in [0.25, 0.3) is 0 Å². The zero-order valence-electron chi connectivity index (χ0n) is 9.21. The molecule has 2 heterocycles. The molecule has 0 amide bonds. The van der Waals surface area contributed by atoms with Crippen molar-refractivity contribution in [1.82, 2.24) is 9.97 Å². The maximum atomic E-state index is 8.59. The summed E-state index contributed by atoms with van der Waals surface area (Å²) in [5, 5.41) is 8.59. The van der Waals surface area contributed by atoms with Crippen LogP contribution in [0.4, 0.5) is 0 Å². The first-order valence-corrected chi connectivity index (χ1v) is 5.27. The molecule has 2 aromatic heterocycles. The number of hydrogen-bond acceptors (Lipinski definition) is 4. The molecule has 4 nitrogen and oxygen atoms in total. The molecule has 0 spiro atoms. The molecular weight excluding hydrogens is 214 g/mol. The summed E-state index contributed by atoms with van der Waals surface area (Å²) >= 11 is 0. The minimum atomic E-state index is 0.391. The van der Waals surface area contributed by atoms with Gasteiger partial charge in [-0.2, -0.15) is 5.26 Å². The highest BCUT2D eigenvalue weighted by atomic mass is 16.5. The van der Waals surface area contributed by atoms with Crippen molar-refractivity contribution in [3.05, 3.63) is 54.1 Å². The van der Waals surface area contributed by atoms with Crippen molar-refractivity contribution in [2.45, 2.75) is 6.42 Å². The first-order valence-electron chi connectivity index (χ1n) is 5.27. The van der Waals surface area contributed by atoms with Gasteiger partial charge in [-0.25, -0.2) is 4.98 Å². The summed E-state index contributed by atoms with van der Waals surface area (Å²) < 4.78 is 5.50. The molecule has 0 saturated carbocycles. The Morgan fingerprint density at radius 1 is 1.18 bits per heavy atom. The number of rotatable bonds is 4. The summed E-state index contributed by atoms with van der Waals surface area (Å²) in [6, 6.07) is 11.1. The maximum Gasteiger partial charge on any atom is 0.140 e. The van der Waals surface area contributed by atoms with Gasteiger partial charge in [-0.3, -0.25) is 4.98 Å². The number of hydrogen-bond donors (Lipinski definition) is 0. The monoisotopic (exact) mass is 225 g/mol. The second-order valence-corrected chi connectivity index (χ2v) is 3.41. The van der Waals surface area contributed by atoms with Gasteiger partial charge in [0.05, 0.1) is 12.8 Å². The summed E-state index contributed by atoms with van der Waals surface area (Å²) in [4.78, 5) is 8.12. The third-order valence-corrected chi connectivity index (χ3v) is 2.20. The van der Waals surface area contributed by atoms with Crippen molar-refractivity contribution in [2.75, 3.05) is 6.61 Å². The molecule has 2 aromatic rings. The van der Waals surface area contributed by atoms with E-state index in [0.29, 0.717) is 18.1 Å². The van der Waals surface area contributed by atoms with E-state index in [0.717, 1.165) is 12.1 Å². The predicted octanol–water partition coefficient (Wildman–Crippen LogP) is 1.97. The maximum absolute atomic E-state index is 8.59. The van der Waals surface area contributed by atoms with Gasteiger partial charge in [-0.15, -0.1) is 0 Å². The summed E-state index contributed by atoms with van der Waals surface area (Å²) in [5.74, 6) is 0.667. The van der Waals surface area contributed by atoms with E-state index in [1.54, 1.807) is 24.5 Å². The molecule has 0 atom stereocenters. The van der Waals surface area contributed by atoms with Gasteiger partial charge < -0.3 is 4.74 Å².